The van der Waals surface area contributed by atoms with Crippen molar-refractivity contribution in [3.05, 3.63) is 41.1 Å². The van der Waals surface area contributed by atoms with Gasteiger partial charge in [0.05, 0.1) is 24.5 Å². The average molecular weight is 328 g/mol. The smallest absolute Gasteiger partial charge is 0.258 e. The Labute approximate surface area is 142 Å². The molecule has 0 aliphatic carbocycles. The molecule has 2 heterocycles. The Hall–Kier alpha value is -2.34. The lowest BCUT2D eigenvalue weighted by Crippen LogP contribution is -2.37. The highest BCUT2D eigenvalue weighted by Gasteiger charge is 2.20. The Bertz CT molecular complexity index is 733. The maximum absolute atomic E-state index is 12.9. The van der Waals surface area contributed by atoms with Crippen LogP contribution in [0.2, 0.25) is 0 Å². The van der Waals surface area contributed by atoms with Gasteiger partial charge in [-0.15, -0.1) is 0 Å². The molecule has 1 N–H and O–H groups in total. The molecule has 6 nitrogen and oxygen atoms in total. The summed E-state index contributed by atoms with van der Waals surface area (Å²) in [5, 5.41) is 7.47. The Kier molecular flexibility index (Phi) is 4.85. The van der Waals surface area contributed by atoms with Crippen LogP contribution in [0.1, 0.15) is 28.5 Å². The number of ether oxygens (including phenoxy) is 1. The van der Waals surface area contributed by atoms with Crippen LogP contribution >= 0.6 is 0 Å². The quantitative estimate of drug-likeness (QED) is 0.936. The van der Waals surface area contributed by atoms with Gasteiger partial charge < -0.3 is 15.0 Å². The molecule has 1 fully saturated rings. The number of hydrogen-bond acceptors (Lipinski definition) is 4. The highest BCUT2D eigenvalue weighted by atomic mass is 16.5. The third kappa shape index (κ3) is 3.14. The average Bonchev–Trinajstić information content (AvgIpc) is 2.88. The summed E-state index contributed by atoms with van der Waals surface area (Å²) in [4.78, 5) is 15.1. The molecule has 0 radical (unpaired) electrons. The van der Waals surface area contributed by atoms with Gasteiger partial charge in [-0.3, -0.25) is 9.48 Å². The fourth-order valence-electron chi connectivity index (χ4n) is 3.20. The van der Waals surface area contributed by atoms with Crippen molar-refractivity contribution in [2.24, 2.45) is 7.05 Å². The predicted octanol–water partition coefficient (Wildman–Crippen LogP) is 2.38. The van der Waals surface area contributed by atoms with Crippen LogP contribution in [0.3, 0.4) is 0 Å². The topological polar surface area (TPSA) is 59.4 Å². The molecular weight excluding hydrogens is 304 g/mol. The first-order valence-corrected chi connectivity index (χ1v) is 8.37. The van der Waals surface area contributed by atoms with Gasteiger partial charge in [-0.25, -0.2) is 0 Å². The van der Waals surface area contributed by atoms with E-state index in [2.05, 4.69) is 22.2 Å². The zero-order valence-electron chi connectivity index (χ0n) is 14.5. The molecule has 1 saturated heterocycles. The summed E-state index contributed by atoms with van der Waals surface area (Å²) in [5.74, 6) is 0.673. The number of rotatable bonds is 4. The van der Waals surface area contributed by atoms with Crippen molar-refractivity contribution in [2.45, 2.75) is 20.3 Å². The number of nitrogens with zero attached hydrogens (tertiary/aromatic N) is 3. The lowest BCUT2D eigenvalue weighted by atomic mass is 10.1. The van der Waals surface area contributed by atoms with Gasteiger partial charge in [0.25, 0.3) is 5.91 Å². The van der Waals surface area contributed by atoms with Crippen molar-refractivity contribution in [2.75, 3.05) is 36.5 Å². The van der Waals surface area contributed by atoms with Crippen LogP contribution in [0.15, 0.2) is 24.3 Å². The van der Waals surface area contributed by atoms with Crippen LogP contribution in [-0.4, -0.2) is 42.0 Å². The van der Waals surface area contributed by atoms with E-state index in [0.29, 0.717) is 18.8 Å². The Morgan fingerprint density at radius 3 is 2.71 bits per heavy atom. The molecule has 24 heavy (non-hydrogen) atoms. The lowest BCUT2D eigenvalue weighted by molar-refractivity contribution is 0.102. The number of anilines is 2. The Balaban J connectivity index is 1.88. The summed E-state index contributed by atoms with van der Waals surface area (Å²) in [7, 11) is 1.86. The minimum atomic E-state index is -0.102. The van der Waals surface area contributed by atoms with E-state index in [1.807, 2.05) is 38.2 Å². The maximum atomic E-state index is 12.9. The molecule has 0 spiro atoms. The molecule has 0 atom stereocenters. The number of aromatic nitrogens is 2. The van der Waals surface area contributed by atoms with Crippen molar-refractivity contribution in [1.82, 2.24) is 9.78 Å². The second-order valence-corrected chi connectivity index (χ2v) is 5.96. The van der Waals surface area contributed by atoms with Gasteiger partial charge in [0.2, 0.25) is 0 Å². The minimum Gasteiger partial charge on any atom is -0.378 e. The highest BCUT2D eigenvalue weighted by Crippen LogP contribution is 2.24. The number of benzene rings is 1. The van der Waals surface area contributed by atoms with E-state index in [9.17, 15) is 4.79 Å². The molecular formula is C18H24N4O2. The number of aryl methyl sites for hydroxylation is 2. The second-order valence-electron chi connectivity index (χ2n) is 5.96. The van der Waals surface area contributed by atoms with Crippen LogP contribution < -0.4 is 10.2 Å². The largest absolute Gasteiger partial charge is 0.378 e. The van der Waals surface area contributed by atoms with Crippen molar-refractivity contribution >= 4 is 17.4 Å². The third-order valence-electron chi connectivity index (χ3n) is 4.43. The van der Waals surface area contributed by atoms with Gasteiger partial charge in [-0.05, 0) is 25.5 Å². The Morgan fingerprint density at radius 2 is 2.00 bits per heavy atom. The summed E-state index contributed by atoms with van der Waals surface area (Å²) in [6.07, 6.45) is 0.834. The fraction of sp³-hybridized carbons (Fsp3) is 0.444. The van der Waals surface area contributed by atoms with Crippen LogP contribution in [0.4, 0.5) is 11.5 Å². The molecule has 3 rings (SSSR count). The number of carbonyl (C=O) groups excluding carboxylic acids is 1. The van der Waals surface area contributed by atoms with E-state index < -0.39 is 0 Å². The molecule has 128 valence electrons. The summed E-state index contributed by atoms with van der Waals surface area (Å²) in [5.41, 5.74) is 3.67. The molecule has 6 heteroatoms. The van der Waals surface area contributed by atoms with E-state index in [1.165, 1.54) is 0 Å². The number of morpholine rings is 1. The number of carbonyl (C=O) groups is 1. The SMILES string of the molecule is CCc1c(C)nn(C)c1NC(=O)c1ccccc1N1CCOCC1. The molecule has 2 aromatic rings. The van der Waals surface area contributed by atoms with Crippen LogP contribution in [-0.2, 0) is 18.2 Å². The van der Waals surface area contributed by atoms with Crippen LogP contribution in [0, 0.1) is 6.92 Å². The Morgan fingerprint density at radius 1 is 1.29 bits per heavy atom. The molecule has 1 aromatic heterocycles. The van der Waals surface area contributed by atoms with E-state index in [4.69, 9.17) is 4.74 Å². The summed E-state index contributed by atoms with van der Waals surface area (Å²) in [6.45, 7) is 7.02. The number of hydrogen-bond donors (Lipinski definition) is 1. The summed E-state index contributed by atoms with van der Waals surface area (Å²) >= 11 is 0. The first-order chi connectivity index (χ1) is 11.6. The standard InChI is InChI=1S/C18H24N4O2/c1-4-14-13(2)20-21(3)17(14)19-18(23)15-7-5-6-8-16(15)22-9-11-24-12-10-22/h5-8H,4,9-12H2,1-3H3,(H,19,23). The number of nitrogens with one attached hydrogen (secondary N) is 1. The van der Waals surface area contributed by atoms with Gasteiger partial charge in [0.15, 0.2) is 0 Å². The zero-order chi connectivity index (χ0) is 17.1. The third-order valence-corrected chi connectivity index (χ3v) is 4.43. The van der Waals surface area contributed by atoms with Gasteiger partial charge >= 0.3 is 0 Å². The second kappa shape index (κ2) is 7.05. The van der Waals surface area contributed by atoms with Gasteiger partial charge in [-0.2, -0.15) is 5.10 Å². The van der Waals surface area contributed by atoms with Crippen LogP contribution in [0.25, 0.3) is 0 Å². The zero-order valence-corrected chi connectivity index (χ0v) is 14.5. The minimum absolute atomic E-state index is 0.102. The van der Waals surface area contributed by atoms with Crippen LogP contribution in [0.5, 0.6) is 0 Å². The van der Waals surface area contributed by atoms with E-state index in [0.717, 1.165) is 42.3 Å². The lowest BCUT2D eigenvalue weighted by Gasteiger charge is -2.30. The van der Waals surface area contributed by atoms with Crippen molar-refractivity contribution < 1.29 is 9.53 Å². The van der Waals surface area contributed by atoms with Crippen molar-refractivity contribution in [1.29, 1.82) is 0 Å². The number of amides is 1. The molecule has 0 bridgehead atoms. The van der Waals surface area contributed by atoms with E-state index in [-0.39, 0.29) is 5.91 Å². The molecule has 0 unspecified atom stereocenters. The molecule has 1 aliphatic heterocycles. The fourth-order valence-corrected chi connectivity index (χ4v) is 3.20. The molecule has 1 aliphatic rings. The highest BCUT2D eigenvalue weighted by molar-refractivity contribution is 6.08. The molecule has 1 amide bonds. The van der Waals surface area contributed by atoms with E-state index >= 15 is 0 Å². The first kappa shape index (κ1) is 16.5. The van der Waals surface area contributed by atoms with E-state index in [1.54, 1.807) is 4.68 Å². The van der Waals surface area contributed by atoms with Crippen molar-refractivity contribution in [3.63, 3.8) is 0 Å². The summed E-state index contributed by atoms with van der Waals surface area (Å²) in [6, 6.07) is 7.73. The monoisotopic (exact) mass is 328 g/mol. The normalized spacial score (nSPS) is 14.7. The number of para-hydroxylation sites is 1. The van der Waals surface area contributed by atoms with Gasteiger partial charge in [0, 0.05) is 31.4 Å². The maximum Gasteiger partial charge on any atom is 0.258 e. The van der Waals surface area contributed by atoms with Gasteiger partial charge in [0.1, 0.15) is 5.82 Å². The first-order valence-electron chi connectivity index (χ1n) is 8.37. The van der Waals surface area contributed by atoms with Crippen molar-refractivity contribution in [3.8, 4) is 0 Å². The molecule has 1 aromatic carbocycles. The van der Waals surface area contributed by atoms with Gasteiger partial charge in [-0.1, -0.05) is 19.1 Å². The summed E-state index contributed by atoms with van der Waals surface area (Å²) < 4.78 is 7.15. The molecule has 0 saturated carbocycles. The predicted molar refractivity (Wildman–Crippen MR) is 94.8 cm³/mol.